The molecule has 30 heavy (non-hydrogen) atoms. The van der Waals surface area contributed by atoms with E-state index in [0.29, 0.717) is 27.5 Å². The Bertz CT molecular complexity index is 1070. The molecule has 2 unspecified atom stereocenters. The molecule has 0 radical (unpaired) electrons. The maximum Gasteiger partial charge on any atom is 0.511 e. The highest BCUT2D eigenvalue weighted by Gasteiger charge is 2.50. The molecule has 0 saturated heterocycles. The van der Waals surface area contributed by atoms with E-state index in [-0.39, 0.29) is 19.6 Å². The molecule has 2 aromatic rings. The number of hydrogen-bond acceptors (Lipinski definition) is 4. The van der Waals surface area contributed by atoms with E-state index in [0.717, 1.165) is 31.4 Å². The number of alkyl halides is 3. The first-order valence-corrected chi connectivity index (χ1v) is 11.2. The Labute approximate surface area is 173 Å². The van der Waals surface area contributed by atoms with Crippen LogP contribution in [0, 0.1) is 17.2 Å². The Morgan fingerprint density at radius 2 is 1.90 bits per heavy atom. The molecule has 4 rings (SSSR count). The minimum atomic E-state index is -5.34. The second-order valence-electron chi connectivity index (χ2n) is 7.94. The van der Waals surface area contributed by atoms with Gasteiger partial charge in [0.15, 0.2) is 0 Å². The molecular weight excluding hydrogens is 417 g/mol. The summed E-state index contributed by atoms with van der Waals surface area (Å²) in [5.41, 5.74) is -2.65. The Morgan fingerprint density at radius 1 is 1.17 bits per heavy atom. The molecule has 0 N–H and O–H groups in total. The minimum Gasteiger partial charge on any atom is -0.332 e. The number of imidazole rings is 1. The maximum atomic E-state index is 12.8. The zero-order chi connectivity index (χ0) is 21.5. The summed E-state index contributed by atoms with van der Waals surface area (Å²) in [4.78, 5) is 4.43. The molecule has 1 aliphatic heterocycles. The van der Waals surface area contributed by atoms with E-state index in [2.05, 4.69) is 11.1 Å². The Hall–Kier alpha value is -2.38. The second kappa shape index (κ2) is 7.71. The molecule has 1 aromatic heterocycles. The quantitative estimate of drug-likeness (QED) is 0.731. The van der Waals surface area contributed by atoms with Crippen molar-refractivity contribution in [2.24, 2.45) is 5.92 Å². The van der Waals surface area contributed by atoms with Gasteiger partial charge in [0, 0.05) is 19.3 Å². The van der Waals surface area contributed by atoms with Crippen LogP contribution in [0.3, 0.4) is 0 Å². The highest BCUT2D eigenvalue weighted by atomic mass is 32.2. The summed E-state index contributed by atoms with van der Waals surface area (Å²) in [6.07, 6.45) is 5.62. The van der Waals surface area contributed by atoms with E-state index in [4.69, 9.17) is 5.26 Å². The van der Waals surface area contributed by atoms with Gasteiger partial charge >= 0.3 is 15.5 Å². The monoisotopic (exact) mass is 438 g/mol. The predicted molar refractivity (Wildman–Crippen MR) is 103 cm³/mol. The van der Waals surface area contributed by atoms with Crippen LogP contribution >= 0.6 is 0 Å². The first-order valence-electron chi connectivity index (χ1n) is 9.79. The molecule has 0 amide bonds. The van der Waals surface area contributed by atoms with Gasteiger partial charge in [0.05, 0.1) is 23.9 Å². The number of nitriles is 1. The molecular formula is C20H21F3N4O2S. The fourth-order valence-corrected chi connectivity index (χ4v) is 5.33. The SMILES string of the molecule is N#Cc1ccc(C2CCC(Cc3cn4c(n3)CN(S(=O)(=O)C(F)(F)F)CC4)C2)cc1. The first-order chi connectivity index (χ1) is 14.2. The lowest BCUT2D eigenvalue weighted by Crippen LogP contribution is -2.44. The van der Waals surface area contributed by atoms with Gasteiger partial charge in [-0.05, 0) is 55.2 Å². The standard InChI is InChI=1S/C20H21F3N4O2S/c21-20(22,23)30(28,29)27-8-7-26-12-18(25-19(26)13-27)10-15-3-6-17(9-15)16-4-1-14(11-24)2-5-16/h1-2,4-5,12,15,17H,3,6-10,13H2. The largest absolute Gasteiger partial charge is 0.511 e. The smallest absolute Gasteiger partial charge is 0.332 e. The Morgan fingerprint density at radius 3 is 2.57 bits per heavy atom. The molecule has 6 nitrogen and oxygen atoms in total. The van der Waals surface area contributed by atoms with Gasteiger partial charge in [-0.15, -0.1) is 0 Å². The van der Waals surface area contributed by atoms with Gasteiger partial charge in [0.2, 0.25) is 0 Å². The maximum absolute atomic E-state index is 12.8. The van der Waals surface area contributed by atoms with E-state index in [9.17, 15) is 21.6 Å². The van der Waals surface area contributed by atoms with Crippen molar-refractivity contribution in [3.05, 3.63) is 53.1 Å². The van der Waals surface area contributed by atoms with Crippen molar-refractivity contribution in [1.29, 1.82) is 5.26 Å². The van der Waals surface area contributed by atoms with Gasteiger partial charge in [-0.1, -0.05) is 12.1 Å². The van der Waals surface area contributed by atoms with E-state index < -0.39 is 15.5 Å². The zero-order valence-electron chi connectivity index (χ0n) is 16.1. The van der Waals surface area contributed by atoms with Gasteiger partial charge in [-0.2, -0.15) is 22.7 Å². The number of benzene rings is 1. The van der Waals surface area contributed by atoms with Crippen LogP contribution < -0.4 is 0 Å². The van der Waals surface area contributed by atoms with E-state index >= 15 is 0 Å². The number of halogens is 3. The highest BCUT2D eigenvalue weighted by Crippen LogP contribution is 2.40. The van der Waals surface area contributed by atoms with E-state index in [1.54, 1.807) is 4.57 Å². The van der Waals surface area contributed by atoms with Crippen molar-refractivity contribution in [1.82, 2.24) is 13.9 Å². The van der Waals surface area contributed by atoms with Crippen LogP contribution in [0.25, 0.3) is 0 Å². The Kier molecular flexibility index (Phi) is 5.36. The van der Waals surface area contributed by atoms with Crippen LogP contribution in [0.5, 0.6) is 0 Å². The van der Waals surface area contributed by atoms with Crippen molar-refractivity contribution in [3.63, 3.8) is 0 Å². The molecule has 10 heteroatoms. The number of rotatable bonds is 4. The average Bonchev–Trinajstić information content (AvgIpc) is 3.33. The lowest BCUT2D eigenvalue weighted by Gasteiger charge is -2.27. The number of hydrogen-bond donors (Lipinski definition) is 0. The summed E-state index contributed by atoms with van der Waals surface area (Å²) in [5.74, 6) is 1.19. The first kappa shape index (κ1) is 20.9. The van der Waals surface area contributed by atoms with Crippen molar-refractivity contribution < 1.29 is 21.6 Å². The van der Waals surface area contributed by atoms with Gasteiger partial charge in [0.25, 0.3) is 0 Å². The normalized spacial score (nSPS) is 22.6. The molecule has 160 valence electrons. The van der Waals surface area contributed by atoms with Crippen molar-refractivity contribution in [3.8, 4) is 6.07 Å². The number of fused-ring (bicyclic) bond motifs is 1. The molecule has 0 bridgehead atoms. The average molecular weight is 438 g/mol. The van der Waals surface area contributed by atoms with Crippen LogP contribution in [-0.4, -0.2) is 34.3 Å². The predicted octanol–water partition coefficient (Wildman–Crippen LogP) is 3.55. The van der Waals surface area contributed by atoms with Gasteiger partial charge in [0.1, 0.15) is 5.82 Å². The van der Waals surface area contributed by atoms with Crippen LogP contribution in [0.4, 0.5) is 13.2 Å². The minimum absolute atomic E-state index is 0.163. The van der Waals surface area contributed by atoms with Crippen LogP contribution in [-0.2, 0) is 29.5 Å². The van der Waals surface area contributed by atoms with Gasteiger partial charge in [-0.25, -0.2) is 13.4 Å². The fourth-order valence-electron chi connectivity index (χ4n) is 4.43. The zero-order valence-corrected chi connectivity index (χ0v) is 17.0. The molecule has 2 atom stereocenters. The molecule has 2 heterocycles. The molecule has 1 fully saturated rings. The third-order valence-electron chi connectivity index (χ3n) is 6.00. The molecule has 2 aliphatic rings. The molecule has 0 spiro atoms. The van der Waals surface area contributed by atoms with Crippen LogP contribution in [0.15, 0.2) is 30.5 Å². The number of sulfonamides is 1. The van der Waals surface area contributed by atoms with Crippen molar-refractivity contribution in [2.75, 3.05) is 6.54 Å². The number of nitrogens with zero attached hydrogens (tertiary/aromatic N) is 4. The fraction of sp³-hybridized carbons (Fsp3) is 0.500. The summed E-state index contributed by atoms with van der Waals surface area (Å²) in [6, 6.07) is 9.76. The third kappa shape index (κ3) is 3.96. The summed E-state index contributed by atoms with van der Waals surface area (Å²) in [6.45, 7) is -0.411. The van der Waals surface area contributed by atoms with E-state index in [1.807, 2.05) is 30.5 Å². The third-order valence-corrected chi connectivity index (χ3v) is 7.58. The summed E-state index contributed by atoms with van der Waals surface area (Å²) in [7, 11) is -5.34. The lowest BCUT2D eigenvalue weighted by atomic mass is 9.94. The van der Waals surface area contributed by atoms with Crippen LogP contribution in [0.1, 0.15) is 47.8 Å². The topological polar surface area (TPSA) is 79.0 Å². The van der Waals surface area contributed by atoms with Gasteiger partial charge in [-0.3, -0.25) is 0 Å². The Balaban J connectivity index is 1.40. The van der Waals surface area contributed by atoms with E-state index in [1.165, 1.54) is 5.56 Å². The van der Waals surface area contributed by atoms with Gasteiger partial charge < -0.3 is 4.57 Å². The highest BCUT2D eigenvalue weighted by molar-refractivity contribution is 7.89. The summed E-state index contributed by atoms with van der Waals surface area (Å²) >= 11 is 0. The molecule has 1 aliphatic carbocycles. The molecule has 1 saturated carbocycles. The van der Waals surface area contributed by atoms with Crippen molar-refractivity contribution in [2.45, 2.75) is 50.2 Å². The van der Waals surface area contributed by atoms with Crippen LogP contribution in [0.2, 0.25) is 0 Å². The lowest BCUT2D eigenvalue weighted by molar-refractivity contribution is -0.0496. The second-order valence-corrected chi connectivity index (χ2v) is 9.87. The summed E-state index contributed by atoms with van der Waals surface area (Å²) in [5, 5.41) is 8.92. The molecule has 1 aromatic carbocycles. The van der Waals surface area contributed by atoms with Crippen molar-refractivity contribution >= 4 is 10.0 Å². The number of aromatic nitrogens is 2. The summed E-state index contributed by atoms with van der Waals surface area (Å²) < 4.78 is 64.0.